The van der Waals surface area contributed by atoms with Crippen molar-refractivity contribution in [1.82, 2.24) is 14.1 Å². The Balaban J connectivity index is 1.31. The lowest BCUT2D eigenvalue weighted by Crippen LogP contribution is -2.27. The first-order chi connectivity index (χ1) is 15.4. The van der Waals surface area contributed by atoms with Crippen LogP contribution in [-0.4, -0.2) is 54.0 Å². The highest BCUT2D eigenvalue weighted by Crippen LogP contribution is 2.21. The zero-order chi connectivity index (χ0) is 22.6. The normalized spacial score (nSPS) is 14.4. The molecule has 0 atom stereocenters. The lowest BCUT2D eigenvalue weighted by Gasteiger charge is -2.15. The lowest BCUT2D eigenvalue weighted by molar-refractivity contribution is -0.141. The summed E-state index contributed by atoms with van der Waals surface area (Å²) in [5.74, 6) is -0.942. The first-order valence-corrected chi connectivity index (χ1v) is 11.8. The molecule has 0 spiro atoms. The highest BCUT2D eigenvalue weighted by Gasteiger charge is 2.27. The number of carbonyl (C=O) groups is 2. The molecule has 0 unspecified atom stereocenters. The number of ketones is 1. The number of carbonyl (C=O) groups excluding carboxylic acids is 2. The second-order valence-corrected chi connectivity index (χ2v) is 9.46. The molecule has 0 saturated carbocycles. The summed E-state index contributed by atoms with van der Waals surface area (Å²) in [6.07, 6.45) is 5.02. The fraction of sp³-hybridized carbons (Fsp3) is 0.261. The minimum atomic E-state index is -3.53. The van der Waals surface area contributed by atoms with Crippen LogP contribution >= 0.6 is 0 Å². The summed E-state index contributed by atoms with van der Waals surface area (Å²) >= 11 is 0. The lowest BCUT2D eigenvalue weighted by atomic mass is 10.1. The van der Waals surface area contributed by atoms with E-state index >= 15 is 0 Å². The van der Waals surface area contributed by atoms with Crippen molar-refractivity contribution in [3.63, 3.8) is 0 Å². The number of sulfonamides is 1. The molecule has 2 aromatic carbocycles. The van der Waals surface area contributed by atoms with Gasteiger partial charge in [0, 0.05) is 30.4 Å². The van der Waals surface area contributed by atoms with E-state index in [1.165, 1.54) is 28.6 Å². The third kappa shape index (κ3) is 4.95. The van der Waals surface area contributed by atoms with Crippen LogP contribution in [0.2, 0.25) is 0 Å². The number of hydrogen-bond acceptors (Lipinski definition) is 6. The topological polar surface area (TPSA) is 98.6 Å². The van der Waals surface area contributed by atoms with E-state index in [-0.39, 0.29) is 16.9 Å². The van der Waals surface area contributed by atoms with Crippen LogP contribution in [0.25, 0.3) is 5.69 Å². The molecule has 0 N–H and O–H groups in total. The van der Waals surface area contributed by atoms with Gasteiger partial charge in [0.25, 0.3) is 0 Å². The number of benzene rings is 2. The van der Waals surface area contributed by atoms with Crippen LogP contribution in [0.5, 0.6) is 0 Å². The molecule has 3 aromatic rings. The van der Waals surface area contributed by atoms with Crippen molar-refractivity contribution in [2.24, 2.45) is 0 Å². The van der Waals surface area contributed by atoms with Gasteiger partial charge in [-0.25, -0.2) is 13.1 Å². The number of para-hydroxylation sites is 1. The van der Waals surface area contributed by atoms with Gasteiger partial charge in [-0.15, -0.1) is 0 Å². The molecular formula is C23H23N3O5S. The number of esters is 1. The van der Waals surface area contributed by atoms with Gasteiger partial charge in [-0.1, -0.05) is 18.2 Å². The van der Waals surface area contributed by atoms with Crippen molar-refractivity contribution in [2.75, 3.05) is 19.7 Å². The maximum atomic E-state index is 12.6. The number of hydrogen-bond donors (Lipinski definition) is 0. The molecule has 1 aliphatic rings. The molecule has 2 heterocycles. The average molecular weight is 454 g/mol. The SMILES string of the molecule is O=C(Cc1cnn(-c2ccccc2)c1)OCC(=O)c1ccc(S(=O)(=O)N2CCCC2)cc1. The molecule has 166 valence electrons. The Hall–Kier alpha value is -3.30. The average Bonchev–Trinajstić information content (AvgIpc) is 3.51. The summed E-state index contributed by atoms with van der Waals surface area (Å²) in [6.45, 7) is 0.621. The minimum absolute atomic E-state index is 0.00682. The monoisotopic (exact) mass is 453 g/mol. The van der Waals surface area contributed by atoms with Gasteiger partial charge in [0.05, 0.1) is 23.2 Å². The Kier molecular flexibility index (Phi) is 6.48. The second kappa shape index (κ2) is 9.46. The molecular weight excluding hydrogens is 430 g/mol. The second-order valence-electron chi connectivity index (χ2n) is 7.52. The quantitative estimate of drug-likeness (QED) is 0.384. The predicted octanol–water partition coefficient (Wildman–Crippen LogP) is 2.63. The van der Waals surface area contributed by atoms with E-state index in [0.717, 1.165) is 18.5 Å². The van der Waals surface area contributed by atoms with Gasteiger partial charge in [0.1, 0.15) is 0 Å². The van der Waals surface area contributed by atoms with Crippen LogP contribution in [0, 0.1) is 0 Å². The minimum Gasteiger partial charge on any atom is -0.457 e. The van der Waals surface area contributed by atoms with Crippen LogP contribution < -0.4 is 0 Å². The standard InChI is InChI=1S/C23H23N3O5S/c27-22(19-8-10-21(11-9-19)32(29,30)25-12-4-5-13-25)17-31-23(28)14-18-15-24-26(16-18)20-6-2-1-3-7-20/h1-3,6-11,15-16H,4-5,12-14,17H2. The van der Waals surface area contributed by atoms with Gasteiger partial charge in [0.15, 0.2) is 12.4 Å². The van der Waals surface area contributed by atoms with Crippen molar-refractivity contribution in [2.45, 2.75) is 24.2 Å². The maximum absolute atomic E-state index is 12.6. The predicted molar refractivity (Wildman–Crippen MR) is 117 cm³/mol. The molecule has 1 saturated heterocycles. The molecule has 8 nitrogen and oxygen atoms in total. The van der Waals surface area contributed by atoms with E-state index in [2.05, 4.69) is 5.10 Å². The smallest absolute Gasteiger partial charge is 0.310 e. The molecule has 4 rings (SSSR count). The molecule has 9 heteroatoms. The molecule has 0 bridgehead atoms. The molecule has 0 aliphatic carbocycles. The van der Waals surface area contributed by atoms with E-state index in [1.807, 2.05) is 30.3 Å². The van der Waals surface area contributed by atoms with E-state index in [0.29, 0.717) is 18.7 Å². The summed E-state index contributed by atoms with van der Waals surface area (Å²) < 4.78 is 33.3. The van der Waals surface area contributed by atoms with Crippen molar-refractivity contribution in [3.8, 4) is 5.69 Å². The van der Waals surface area contributed by atoms with Crippen LogP contribution in [0.15, 0.2) is 71.9 Å². The fourth-order valence-electron chi connectivity index (χ4n) is 3.51. The van der Waals surface area contributed by atoms with Crippen molar-refractivity contribution >= 4 is 21.8 Å². The highest BCUT2D eigenvalue weighted by molar-refractivity contribution is 7.89. The third-order valence-corrected chi connectivity index (χ3v) is 7.16. The Morgan fingerprint density at radius 2 is 1.66 bits per heavy atom. The summed E-state index contributed by atoms with van der Waals surface area (Å²) in [7, 11) is -3.53. The number of ether oxygens (including phenoxy) is 1. The highest BCUT2D eigenvalue weighted by atomic mass is 32.2. The van der Waals surface area contributed by atoms with Gasteiger partial charge in [-0.3, -0.25) is 9.59 Å². The van der Waals surface area contributed by atoms with Gasteiger partial charge in [0.2, 0.25) is 10.0 Å². The van der Waals surface area contributed by atoms with Crippen LogP contribution in [-0.2, 0) is 26.0 Å². The molecule has 1 fully saturated rings. The number of nitrogens with zero attached hydrogens (tertiary/aromatic N) is 3. The van der Waals surface area contributed by atoms with Gasteiger partial charge in [-0.2, -0.15) is 9.40 Å². The summed E-state index contributed by atoms with van der Waals surface area (Å²) in [5, 5.41) is 4.23. The fourth-order valence-corrected chi connectivity index (χ4v) is 5.03. The van der Waals surface area contributed by atoms with Crippen LogP contribution in [0.4, 0.5) is 0 Å². The Labute approximate surface area is 186 Å². The molecule has 1 aromatic heterocycles. The molecule has 1 aliphatic heterocycles. The van der Waals surface area contributed by atoms with Gasteiger partial charge in [-0.05, 0) is 49.2 Å². The van der Waals surface area contributed by atoms with Gasteiger partial charge >= 0.3 is 5.97 Å². The number of rotatable bonds is 8. The van der Waals surface area contributed by atoms with Crippen LogP contribution in [0.1, 0.15) is 28.8 Å². The largest absolute Gasteiger partial charge is 0.457 e. The van der Waals surface area contributed by atoms with E-state index < -0.39 is 28.4 Å². The summed E-state index contributed by atoms with van der Waals surface area (Å²) in [4.78, 5) is 24.6. The Bertz CT molecular complexity index is 1200. The van der Waals surface area contributed by atoms with E-state index in [9.17, 15) is 18.0 Å². The molecule has 0 amide bonds. The van der Waals surface area contributed by atoms with E-state index in [1.54, 1.807) is 17.1 Å². The van der Waals surface area contributed by atoms with Crippen LogP contribution in [0.3, 0.4) is 0 Å². The first kappa shape index (κ1) is 21.9. The number of Topliss-reactive ketones (excluding diaryl/α,β-unsaturated/α-hetero) is 1. The van der Waals surface area contributed by atoms with E-state index in [4.69, 9.17) is 4.74 Å². The third-order valence-electron chi connectivity index (χ3n) is 5.25. The molecule has 32 heavy (non-hydrogen) atoms. The summed E-state index contributed by atoms with van der Waals surface area (Å²) in [5.41, 5.74) is 1.83. The molecule has 0 radical (unpaired) electrons. The Morgan fingerprint density at radius 3 is 2.34 bits per heavy atom. The Morgan fingerprint density at radius 1 is 0.969 bits per heavy atom. The summed E-state index contributed by atoms with van der Waals surface area (Å²) in [6, 6.07) is 15.2. The van der Waals surface area contributed by atoms with Gasteiger partial charge < -0.3 is 4.74 Å². The maximum Gasteiger partial charge on any atom is 0.310 e. The van der Waals surface area contributed by atoms with Crippen molar-refractivity contribution < 1.29 is 22.7 Å². The van der Waals surface area contributed by atoms with Crippen molar-refractivity contribution in [3.05, 3.63) is 78.1 Å². The number of aromatic nitrogens is 2. The zero-order valence-corrected chi connectivity index (χ0v) is 18.2. The zero-order valence-electron chi connectivity index (χ0n) is 17.4. The first-order valence-electron chi connectivity index (χ1n) is 10.3. The van der Waals surface area contributed by atoms with Crippen molar-refractivity contribution in [1.29, 1.82) is 0 Å².